The van der Waals surface area contributed by atoms with Gasteiger partial charge in [-0.05, 0) is 10.8 Å². The molecule has 0 N–H and O–H groups in total. The average molecular weight is 218 g/mol. The lowest BCUT2D eigenvalue weighted by Gasteiger charge is -2.42. The van der Waals surface area contributed by atoms with Crippen LogP contribution in [0.5, 0.6) is 0 Å². The van der Waals surface area contributed by atoms with Crippen molar-refractivity contribution in [3.8, 4) is 0 Å². The monoisotopic (exact) mass is 218 g/mol. The third kappa shape index (κ3) is 4.26. The maximum Gasteiger partial charge on any atom is 0.105 e. The molecule has 0 radical (unpaired) electrons. The van der Waals surface area contributed by atoms with Crippen molar-refractivity contribution in [3.05, 3.63) is 0 Å². The molecular formula is C12H30B4. The predicted octanol–water partition coefficient (Wildman–Crippen LogP) is 0.765. The first-order chi connectivity index (χ1) is 6.89. The Morgan fingerprint density at radius 3 is 0.875 bits per heavy atom. The summed E-state index contributed by atoms with van der Waals surface area (Å²) in [5, 5.41) is 0. The van der Waals surface area contributed by atoms with Crippen molar-refractivity contribution in [2.24, 2.45) is 10.8 Å². The van der Waals surface area contributed by atoms with Gasteiger partial charge in [-0.3, -0.25) is 0 Å². The van der Waals surface area contributed by atoms with Gasteiger partial charge < -0.3 is 0 Å². The van der Waals surface area contributed by atoms with E-state index in [1.165, 1.54) is 0 Å². The van der Waals surface area contributed by atoms with Crippen LogP contribution < -0.4 is 0 Å². The van der Waals surface area contributed by atoms with E-state index in [2.05, 4.69) is 72.9 Å². The van der Waals surface area contributed by atoms with Crippen molar-refractivity contribution >= 4 is 31.4 Å². The Balaban J connectivity index is 4.68. The molecule has 0 aliphatic rings. The van der Waals surface area contributed by atoms with E-state index in [0.29, 0.717) is 10.8 Å². The largest absolute Gasteiger partial charge is 0.105 e. The van der Waals surface area contributed by atoms with Crippen molar-refractivity contribution in [2.45, 2.75) is 64.8 Å². The summed E-state index contributed by atoms with van der Waals surface area (Å²) in [6.45, 7) is 14.2. The molecule has 0 heterocycles. The van der Waals surface area contributed by atoms with Crippen LogP contribution in [-0.4, -0.2) is 31.4 Å². The second kappa shape index (κ2) is 5.27. The van der Waals surface area contributed by atoms with Crippen molar-refractivity contribution in [3.63, 3.8) is 0 Å². The molecule has 0 nitrogen and oxygen atoms in total. The van der Waals surface area contributed by atoms with Crippen LogP contribution in [0.2, 0.25) is 23.3 Å². The molecule has 90 valence electrons. The lowest BCUT2D eigenvalue weighted by atomic mass is 9.43. The van der Waals surface area contributed by atoms with E-state index >= 15 is 0 Å². The van der Waals surface area contributed by atoms with Crippen molar-refractivity contribution in [1.29, 1.82) is 0 Å². The Labute approximate surface area is 107 Å². The van der Waals surface area contributed by atoms with Crippen LogP contribution in [-0.2, 0) is 0 Å². The molecule has 0 aliphatic heterocycles. The minimum Gasteiger partial charge on any atom is -0.0780 e. The molecule has 0 fully saturated rings. The zero-order valence-electron chi connectivity index (χ0n) is 13.3. The second-order valence-electron chi connectivity index (χ2n) is 8.03. The van der Waals surface area contributed by atoms with Gasteiger partial charge in [-0.15, -0.1) is 0 Å². The summed E-state index contributed by atoms with van der Waals surface area (Å²) in [6.07, 6.45) is 0. The minimum atomic E-state index is 0.422. The van der Waals surface area contributed by atoms with Gasteiger partial charge in [0.25, 0.3) is 0 Å². The summed E-state index contributed by atoms with van der Waals surface area (Å²) >= 11 is 0. The van der Waals surface area contributed by atoms with Crippen molar-refractivity contribution < 1.29 is 0 Å². The van der Waals surface area contributed by atoms with E-state index in [0.717, 1.165) is 23.3 Å². The maximum absolute atomic E-state index is 2.43. The SMILES string of the molecule is BC(C(B)C(B)C(C)(C)C)C(B)C(C)(C)C. The molecule has 0 aliphatic carbocycles. The third-order valence-corrected chi connectivity index (χ3v) is 5.14. The molecule has 0 bridgehead atoms. The van der Waals surface area contributed by atoms with Gasteiger partial charge in [0.05, 0.1) is 0 Å². The smallest absolute Gasteiger partial charge is 0.0780 e. The Morgan fingerprint density at radius 1 is 0.562 bits per heavy atom. The second-order valence-corrected chi connectivity index (χ2v) is 8.03. The quantitative estimate of drug-likeness (QED) is 0.613. The number of hydrogen-bond acceptors (Lipinski definition) is 0. The van der Waals surface area contributed by atoms with Crippen molar-refractivity contribution in [2.75, 3.05) is 0 Å². The highest BCUT2D eigenvalue weighted by molar-refractivity contribution is 6.29. The Morgan fingerprint density at radius 2 is 0.750 bits per heavy atom. The molecule has 4 atom stereocenters. The van der Waals surface area contributed by atoms with E-state index < -0.39 is 0 Å². The Bertz CT molecular complexity index is 190. The maximum atomic E-state index is 2.43. The first-order valence-electron chi connectivity index (χ1n) is 6.89. The number of hydrogen-bond donors (Lipinski definition) is 0. The Kier molecular flexibility index (Phi) is 5.36. The molecule has 0 aromatic heterocycles. The molecule has 0 aromatic rings. The molecule has 4 unspecified atom stereocenters. The molecule has 0 rings (SSSR count). The van der Waals surface area contributed by atoms with E-state index in [-0.39, 0.29) is 0 Å². The summed E-state index contributed by atoms with van der Waals surface area (Å²) in [5.41, 5.74) is 0.844. The van der Waals surface area contributed by atoms with Crippen LogP contribution in [0.25, 0.3) is 0 Å². The average Bonchev–Trinajstić information content (AvgIpc) is 2.10. The number of rotatable bonds is 3. The minimum absolute atomic E-state index is 0.422. The van der Waals surface area contributed by atoms with Crippen LogP contribution in [0.1, 0.15) is 41.5 Å². The zero-order valence-corrected chi connectivity index (χ0v) is 13.3. The van der Waals surface area contributed by atoms with Gasteiger partial charge in [-0.25, -0.2) is 0 Å². The van der Waals surface area contributed by atoms with Gasteiger partial charge in [-0.2, -0.15) is 0 Å². The summed E-state index contributed by atoms with van der Waals surface area (Å²) in [6, 6.07) is 0. The van der Waals surface area contributed by atoms with Crippen LogP contribution in [0.4, 0.5) is 0 Å². The van der Waals surface area contributed by atoms with Gasteiger partial charge in [0, 0.05) is 0 Å². The van der Waals surface area contributed by atoms with E-state index in [4.69, 9.17) is 0 Å². The van der Waals surface area contributed by atoms with Crippen LogP contribution >= 0.6 is 0 Å². The normalized spacial score (nSPS) is 21.1. The molecule has 4 heteroatoms. The summed E-state index contributed by atoms with van der Waals surface area (Å²) in [7, 11) is 9.69. The molecule has 0 spiro atoms. The predicted molar refractivity (Wildman–Crippen MR) is 88.1 cm³/mol. The molecule has 0 saturated carbocycles. The standard InChI is InChI=1S/C12H30B4/c1-11(2,3)9(15)7(13)8(14)10(16)12(4,5)6/h7-10H,13-16H2,1-6H3. The highest BCUT2D eigenvalue weighted by Gasteiger charge is 2.34. The van der Waals surface area contributed by atoms with E-state index in [1.54, 1.807) is 0 Å². The van der Waals surface area contributed by atoms with Gasteiger partial charge >= 0.3 is 0 Å². The third-order valence-electron chi connectivity index (χ3n) is 5.14. The van der Waals surface area contributed by atoms with Crippen LogP contribution in [0, 0.1) is 10.8 Å². The van der Waals surface area contributed by atoms with E-state index in [9.17, 15) is 0 Å². The van der Waals surface area contributed by atoms with Gasteiger partial charge in [0.15, 0.2) is 0 Å². The zero-order chi connectivity index (χ0) is 13.3. The van der Waals surface area contributed by atoms with Gasteiger partial charge in [0.2, 0.25) is 0 Å². The molecule has 0 amide bonds. The summed E-state index contributed by atoms with van der Waals surface area (Å²) in [5.74, 6) is 3.11. The van der Waals surface area contributed by atoms with Crippen molar-refractivity contribution in [1.82, 2.24) is 0 Å². The first kappa shape index (κ1) is 16.3. The lowest BCUT2D eigenvalue weighted by Crippen LogP contribution is -2.28. The lowest BCUT2D eigenvalue weighted by molar-refractivity contribution is 0.320. The Hall–Kier alpha value is 0.260. The molecule has 0 aromatic carbocycles. The van der Waals surface area contributed by atoms with Crippen LogP contribution in [0.3, 0.4) is 0 Å². The molecular weight excluding hydrogens is 187 g/mol. The fraction of sp³-hybridized carbons (Fsp3) is 1.00. The fourth-order valence-electron chi connectivity index (χ4n) is 2.49. The molecule has 0 saturated heterocycles. The van der Waals surface area contributed by atoms with Crippen LogP contribution in [0.15, 0.2) is 0 Å². The van der Waals surface area contributed by atoms with Gasteiger partial charge in [-0.1, -0.05) is 64.8 Å². The van der Waals surface area contributed by atoms with E-state index in [1.807, 2.05) is 0 Å². The summed E-state index contributed by atoms with van der Waals surface area (Å²) < 4.78 is 0. The first-order valence-corrected chi connectivity index (χ1v) is 6.89. The summed E-state index contributed by atoms with van der Waals surface area (Å²) in [4.78, 5) is 0. The highest BCUT2D eigenvalue weighted by atomic mass is 14.3. The fourth-order valence-corrected chi connectivity index (χ4v) is 2.49. The topological polar surface area (TPSA) is 0 Å². The highest BCUT2D eigenvalue weighted by Crippen LogP contribution is 2.49. The molecule has 16 heavy (non-hydrogen) atoms. The van der Waals surface area contributed by atoms with Gasteiger partial charge in [0.1, 0.15) is 31.4 Å².